The van der Waals surface area contributed by atoms with Gasteiger partial charge in [0.25, 0.3) is 0 Å². The Balaban J connectivity index is 2.24. The summed E-state index contributed by atoms with van der Waals surface area (Å²) in [4.78, 5) is 16.2. The first-order valence-corrected chi connectivity index (χ1v) is 7.15. The summed E-state index contributed by atoms with van der Waals surface area (Å²) in [6.45, 7) is 10.7. The van der Waals surface area contributed by atoms with E-state index in [0.29, 0.717) is 12.6 Å². The average molecular weight is 273 g/mol. The number of carbonyl (C=O) groups is 1. The van der Waals surface area contributed by atoms with Crippen LogP contribution in [0.5, 0.6) is 0 Å². The summed E-state index contributed by atoms with van der Waals surface area (Å²) in [7, 11) is 0. The van der Waals surface area contributed by atoms with Gasteiger partial charge in [-0.3, -0.25) is 4.79 Å². The number of aryl methyl sites for hydroxylation is 1. The molecular formula is C16H23N3O. The van der Waals surface area contributed by atoms with Gasteiger partial charge in [-0.05, 0) is 38.5 Å². The number of aromatic nitrogens is 2. The van der Waals surface area contributed by atoms with Crippen molar-refractivity contribution in [3.05, 3.63) is 29.6 Å². The monoisotopic (exact) mass is 273 g/mol. The largest absolute Gasteiger partial charge is 0.352 e. The number of hydrogen-bond donors (Lipinski definition) is 1. The molecule has 4 heteroatoms. The Morgan fingerprint density at radius 2 is 2.00 bits per heavy atom. The van der Waals surface area contributed by atoms with Crippen LogP contribution in [-0.2, 0) is 11.3 Å². The second-order valence-electron chi connectivity index (χ2n) is 5.82. The van der Waals surface area contributed by atoms with Crippen molar-refractivity contribution in [1.82, 2.24) is 14.9 Å². The molecule has 1 amide bonds. The Morgan fingerprint density at radius 3 is 2.60 bits per heavy atom. The molecule has 0 aliphatic heterocycles. The van der Waals surface area contributed by atoms with Crippen molar-refractivity contribution in [2.24, 2.45) is 5.92 Å². The Morgan fingerprint density at radius 1 is 1.30 bits per heavy atom. The second-order valence-corrected chi connectivity index (χ2v) is 5.82. The lowest BCUT2D eigenvalue weighted by Gasteiger charge is -2.11. The number of amides is 1. The van der Waals surface area contributed by atoms with Crippen LogP contribution in [0.3, 0.4) is 0 Å². The lowest BCUT2D eigenvalue weighted by Crippen LogP contribution is -2.27. The van der Waals surface area contributed by atoms with Crippen molar-refractivity contribution >= 4 is 16.9 Å². The minimum Gasteiger partial charge on any atom is -0.352 e. The van der Waals surface area contributed by atoms with Crippen LogP contribution in [0.2, 0.25) is 0 Å². The maximum atomic E-state index is 11.6. The fourth-order valence-electron chi connectivity index (χ4n) is 2.42. The molecule has 1 aromatic heterocycles. The zero-order chi connectivity index (χ0) is 14.9. The zero-order valence-electron chi connectivity index (χ0n) is 12.9. The van der Waals surface area contributed by atoms with E-state index >= 15 is 0 Å². The Bertz CT molecular complexity index is 626. The number of hydrogen-bond acceptors (Lipinski definition) is 2. The first-order valence-electron chi connectivity index (χ1n) is 7.15. The molecule has 2 aromatic rings. The molecule has 0 unspecified atom stereocenters. The van der Waals surface area contributed by atoms with Gasteiger partial charge in [0.2, 0.25) is 5.91 Å². The number of rotatable bonds is 4. The molecule has 0 saturated heterocycles. The molecule has 1 aromatic carbocycles. The zero-order valence-corrected chi connectivity index (χ0v) is 12.9. The lowest BCUT2D eigenvalue weighted by atomic mass is 10.1. The number of fused-ring (bicyclic) bond motifs is 1. The Labute approximate surface area is 120 Å². The maximum Gasteiger partial charge on any atom is 0.222 e. The van der Waals surface area contributed by atoms with Gasteiger partial charge in [0.1, 0.15) is 5.82 Å². The third-order valence-corrected chi connectivity index (χ3v) is 3.44. The summed E-state index contributed by atoms with van der Waals surface area (Å²) in [5.41, 5.74) is 3.23. The smallest absolute Gasteiger partial charge is 0.222 e. The summed E-state index contributed by atoms with van der Waals surface area (Å²) < 4.78 is 2.23. The van der Waals surface area contributed by atoms with Gasteiger partial charge in [0.15, 0.2) is 0 Å². The molecule has 0 radical (unpaired) electrons. The normalized spacial score (nSPS) is 11.6. The maximum absolute atomic E-state index is 11.6. The van der Waals surface area contributed by atoms with Crippen LogP contribution in [0.15, 0.2) is 18.2 Å². The van der Waals surface area contributed by atoms with Gasteiger partial charge in [-0.2, -0.15) is 0 Å². The van der Waals surface area contributed by atoms with Gasteiger partial charge in [0, 0.05) is 18.5 Å². The van der Waals surface area contributed by atoms with E-state index in [-0.39, 0.29) is 11.8 Å². The molecule has 0 bridgehead atoms. The van der Waals surface area contributed by atoms with Gasteiger partial charge in [-0.15, -0.1) is 0 Å². The van der Waals surface area contributed by atoms with Crippen molar-refractivity contribution in [2.45, 2.75) is 47.2 Å². The molecule has 0 fully saturated rings. The van der Waals surface area contributed by atoms with Gasteiger partial charge >= 0.3 is 0 Å². The first-order chi connectivity index (χ1) is 9.40. The van der Waals surface area contributed by atoms with Crippen LogP contribution in [0.1, 0.15) is 45.1 Å². The van der Waals surface area contributed by atoms with Crippen molar-refractivity contribution in [2.75, 3.05) is 0 Å². The molecule has 0 spiro atoms. The molecule has 0 aliphatic rings. The number of imidazole rings is 1. The van der Waals surface area contributed by atoms with Gasteiger partial charge < -0.3 is 9.88 Å². The quantitative estimate of drug-likeness (QED) is 0.930. The Hall–Kier alpha value is -1.84. The lowest BCUT2D eigenvalue weighted by molar-refractivity contribution is -0.124. The molecule has 20 heavy (non-hydrogen) atoms. The van der Waals surface area contributed by atoms with E-state index in [1.54, 1.807) is 0 Å². The van der Waals surface area contributed by atoms with Crippen LogP contribution in [0.4, 0.5) is 0 Å². The van der Waals surface area contributed by atoms with Crippen LogP contribution >= 0.6 is 0 Å². The predicted molar refractivity (Wildman–Crippen MR) is 81.5 cm³/mol. The van der Waals surface area contributed by atoms with Crippen LogP contribution < -0.4 is 5.32 Å². The van der Waals surface area contributed by atoms with E-state index in [1.165, 1.54) is 0 Å². The van der Waals surface area contributed by atoms with Gasteiger partial charge in [-0.1, -0.05) is 19.9 Å². The summed E-state index contributed by atoms with van der Waals surface area (Å²) in [6.07, 6.45) is 0. The predicted octanol–water partition coefficient (Wildman–Crippen LogP) is 3.20. The molecular weight excluding hydrogens is 250 g/mol. The molecule has 1 heterocycles. The topological polar surface area (TPSA) is 46.9 Å². The van der Waals surface area contributed by atoms with Gasteiger partial charge in [0.05, 0.1) is 11.0 Å². The molecule has 0 saturated carbocycles. The van der Waals surface area contributed by atoms with E-state index in [2.05, 4.69) is 46.9 Å². The summed E-state index contributed by atoms with van der Waals surface area (Å²) in [6, 6.07) is 6.60. The minimum absolute atomic E-state index is 0.0149. The first kappa shape index (κ1) is 14.6. The summed E-state index contributed by atoms with van der Waals surface area (Å²) in [5.74, 6) is 1.12. The van der Waals surface area contributed by atoms with Crippen LogP contribution in [0.25, 0.3) is 11.0 Å². The number of nitrogens with zero attached hydrogens (tertiary/aromatic N) is 2. The summed E-state index contributed by atoms with van der Waals surface area (Å²) in [5, 5.41) is 2.93. The second kappa shape index (κ2) is 5.65. The van der Waals surface area contributed by atoms with E-state index in [9.17, 15) is 4.79 Å². The van der Waals surface area contributed by atoms with E-state index in [0.717, 1.165) is 22.4 Å². The third kappa shape index (κ3) is 2.84. The SMILES string of the molecule is Cc1nc2cc(CNC(=O)C(C)C)ccc2n1C(C)C. The highest BCUT2D eigenvalue weighted by Gasteiger charge is 2.11. The standard InChI is InChI=1S/C16H23N3O/c1-10(2)16(20)17-9-13-6-7-15-14(8-13)18-12(5)19(15)11(3)4/h6-8,10-11H,9H2,1-5H3,(H,17,20). The number of carbonyl (C=O) groups excluding carboxylic acids is 1. The number of nitrogens with one attached hydrogen (secondary N) is 1. The summed E-state index contributed by atoms with van der Waals surface area (Å²) >= 11 is 0. The van der Waals surface area contributed by atoms with Crippen molar-refractivity contribution in [3.8, 4) is 0 Å². The average Bonchev–Trinajstić information content (AvgIpc) is 2.70. The molecule has 0 atom stereocenters. The van der Waals surface area contributed by atoms with Crippen LogP contribution in [0, 0.1) is 12.8 Å². The highest BCUT2D eigenvalue weighted by molar-refractivity contribution is 5.79. The van der Waals surface area contributed by atoms with Gasteiger partial charge in [-0.25, -0.2) is 4.98 Å². The Kier molecular flexibility index (Phi) is 4.12. The fraction of sp³-hybridized carbons (Fsp3) is 0.500. The minimum atomic E-state index is 0.0149. The van der Waals surface area contributed by atoms with Crippen molar-refractivity contribution in [1.29, 1.82) is 0 Å². The third-order valence-electron chi connectivity index (χ3n) is 3.44. The van der Waals surface area contributed by atoms with E-state index < -0.39 is 0 Å². The molecule has 2 rings (SSSR count). The van der Waals surface area contributed by atoms with Crippen molar-refractivity contribution in [3.63, 3.8) is 0 Å². The molecule has 0 aliphatic carbocycles. The number of benzene rings is 1. The highest BCUT2D eigenvalue weighted by atomic mass is 16.1. The fourth-order valence-corrected chi connectivity index (χ4v) is 2.42. The van der Waals surface area contributed by atoms with Crippen LogP contribution in [-0.4, -0.2) is 15.5 Å². The highest BCUT2D eigenvalue weighted by Crippen LogP contribution is 2.21. The molecule has 1 N–H and O–H groups in total. The van der Waals surface area contributed by atoms with E-state index in [1.807, 2.05) is 20.8 Å². The molecule has 108 valence electrons. The van der Waals surface area contributed by atoms with Crippen molar-refractivity contribution < 1.29 is 4.79 Å². The van der Waals surface area contributed by atoms with E-state index in [4.69, 9.17) is 0 Å². The molecule has 4 nitrogen and oxygen atoms in total.